The molecule has 2 heteroatoms. The molecule has 1 aliphatic rings. The summed E-state index contributed by atoms with van der Waals surface area (Å²) in [5.41, 5.74) is 0. The van der Waals surface area contributed by atoms with Gasteiger partial charge in [-0.25, -0.2) is 0 Å². The van der Waals surface area contributed by atoms with Gasteiger partial charge in [0.15, 0.2) is 0 Å². The topological polar surface area (TPSA) is 6.48 Å². The maximum absolute atomic E-state index is 2.58. The molecule has 1 saturated heterocycles. The van der Waals surface area contributed by atoms with Gasteiger partial charge in [0.2, 0.25) is 0 Å². The molecule has 14 heavy (non-hydrogen) atoms. The van der Waals surface area contributed by atoms with Crippen LogP contribution in [0.15, 0.2) is 0 Å². The molecular formula is C12H26N2. The van der Waals surface area contributed by atoms with Crippen LogP contribution in [0.3, 0.4) is 0 Å². The number of likely N-dealkylation sites (N-methyl/N-ethyl adjacent to an activating group) is 2. The Morgan fingerprint density at radius 3 is 2.43 bits per heavy atom. The monoisotopic (exact) mass is 198 g/mol. The standard InChI is InChI=1S/C12H26N2/c1-5-14(6-2)11(3)12-9-7-8-10-13(12)4/h11-12H,5-10H2,1-4H3. The summed E-state index contributed by atoms with van der Waals surface area (Å²) in [6.45, 7) is 10.6. The van der Waals surface area contributed by atoms with Gasteiger partial charge in [0.05, 0.1) is 0 Å². The van der Waals surface area contributed by atoms with Crippen LogP contribution in [0.1, 0.15) is 40.0 Å². The fraction of sp³-hybridized carbons (Fsp3) is 1.00. The first-order valence-corrected chi connectivity index (χ1v) is 6.15. The van der Waals surface area contributed by atoms with Gasteiger partial charge in [-0.2, -0.15) is 0 Å². The van der Waals surface area contributed by atoms with Gasteiger partial charge >= 0.3 is 0 Å². The van der Waals surface area contributed by atoms with E-state index >= 15 is 0 Å². The zero-order valence-corrected chi connectivity index (χ0v) is 10.3. The summed E-state index contributed by atoms with van der Waals surface area (Å²) >= 11 is 0. The second-order valence-corrected chi connectivity index (χ2v) is 4.51. The lowest BCUT2D eigenvalue weighted by Crippen LogP contribution is -2.50. The zero-order chi connectivity index (χ0) is 10.6. The Morgan fingerprint density at radius 1 is 1.29 bits per heavy atom. The van der Waals surface area contributed by atoms with Crippen LogP contribution in [0, 0.1) is 0 Å². The molecule has 0 N–H and O–H groups in total. The molecule has 2 atom stereocenters. The minimum atomic E-state index is 0.718. The third-order valence-corrected chi connectivity index (χ3v) is 3.77. The normalized spacial score (nSPS) is 26.8. The molecule has 84 valence electrons. The van der Waals surface area contributed by atoms with Crippen molar-refractivity contribution >= 4 is 0 Å². The van der Waals surface area contributed by atoms with Gasteiger partial charge < -0.3 is 4.90 Å². The molecule has 0 aromatic heterocycles. The van der Waals surface area contributed by atoms with E-state index in [1.807, 2.05) is 0 Å². The first kappa shape index (κ1) is 12.0. The lowest BCUT2D eigenvalue weighted by atomic mass is 9.96. The number of piperidine rings is 1. The summed E-state index contributed by atoms with van der Waals surface area (Å²) in [5, 5.41) is 0. The molecule has 0 aromatic rings. The summed E-state index contributed by atoms with van der Waals surface area (Å²) in [7, 11) is 2.28. The van der Waals surface area contributed by atoms with Crippen molar-refractivity contribution in [1.29, 1.82) is 0 Å². The van der Waals surface area contributed by atoms with E-state index < -0.39 is 0 Å². The van der Waals surface area contributed by atoms with Crippen molar-refractivity contribution in [3.8, 4) is 0 Å². The average Bonchev–Trinajstić information content (AvgIpc) is 2.20. The first-order valence-electron chi connectivity index (χ1n) is 6.15. The average molecular weight is 198 g/mol. The van der Waals surface area contributed by atoms with Crippen molar-refractivity contribution < 1.29 is 0 Å². The molecule has 0 aliphatic carbocycles. The number of rotatable bonds is 4. The molecule has 1 heterocycles. The second-order valence-electron chi connectivity index (χ2n) is 4.51. The molecule has 2 nitrogen and oxygen atoms in total. The Morgan fingerprint density at radius 2 is 1.93 bits per heavy atom. The largest absolute Gasteiger partial charge is 0.302 e. The van der Waals surface area contributed by atoms with E-state index in [1.54, 1.807) is 0 Å². The van der Waals surface area contributed by atoms with Crippen LogP contribution >= 0.6 is 0 Å². The number of nitrogens with zero attached hydrogens (tertiary/aromatic N) is 2. The van der Waals surface area contributed by atoms with E-state index in [2.05, 4.69) is 37.6 Å². The van der Waals surface area contributed by atoms with Crippen LogP contribution in [0.2, 0.25) is 0 Å². The van der Waals surface area contributed by atoms with E-state index in [4.69, 9.17) is 0 Å². The van der Waals surface area contributed by atoms with Gasteiger partial charge in [-0.3, -0.25) is 4.90 Å². The highest BCUT2D eigenvalue weighted by atomic mass is 15.2. The second kappa shape index (κ2) is 5.72. The van der Waals surface area contributed by atoms with Gasteiger partial charge in [0.1, 0.15) is 0 Å². The molecule has 0 amide bonds. The van der Waals surface area contributed by atoms with Crippen molar-refractivity contribution in [1.82, 2.24) is 9.80 Å². The SMILES string of the molecule is CCN(CC)C(C)C1CCCCN1C. The summed E-state index contributed by atoms with van der Waals surface area (Å²) in [4.78, 5) is 5.12. The Bertz CT molecular complexity index is 154. The Labute approximate surface area is 89.3 Å². The quantitative estimate of drug-likeness (QED) is 0.683. The van der Waals surface area contributed by atoms with Crippen LogP contribution < -0.4 is 0 Å². The minimum Gasteiger partial charge on any atom is -0.302 e. The molecular weight excluding hydrogens is 172 g/mol. The molecule has 0 radical (unpaired) electrons. The van der Waals surface area contributed by atoms with E-state index in [1.165, 1.54) is 38.9 Å². The Kier molecular flexibility index (Phi) is 4.90. The lowest BCUT2D eigenvalue weighted by molar-refractivity contribution is 0.0839. The third kappa shape index (κ3) is 2.71. The molecule has 0 bridgehead atoms. The van der Waals surface area contributed by atoms with Crippen molar-refractivity contribution in [3.63, 3.8) is 0 Å². The summed E-state index contributed by atoms with van der Waals surface area (Å²) in [6.07, 6.45) is 4.19. The van der Waals surface area contributed by atoms with Crippen molar-refractivity contribution in [3.05, 3.63) is 0 Å². The molecule has 0 saturated carbocycles. The molecule has 1 fully saturated rings. The van der Waals surface area contributed by atoms with E-state index in [9.17, 15) is 0 Å². The van der Waals surface area contributed by atoms with Gasteiger partial charge in [-0.1, -0.05) is 20.3 Å². The molecule has 2 unspecified atom stereocenters. The van der Waals surface area contributed by atoms with Crippen LogP contribution in [-0.2, 0) is 0 Å². The number of hydrogen-bond donors (Lipinski definition) is 0. The van der Waals surface area contributed by atoms with Crippen LogP contribution in [0.5, 0.6) is 0 Å². The van der Waals surface area contributed by atoms with E-state index in [0.717, 1.165) is 12.1 Å². The highest BCUT2D eigenvalue weighted by molar-refractivity contribution is 4.84. The van der Waals surface area contributed by atoms with E-state index in [-0.39, 0.29) is 0 Å². The molecule has 0 spiro atoms. The predicted molar refractivity (Wildman–Crippen MR) is 62.7 cm³/mol. The van der Waals surface area contributed by atoms with E-state index in [0.29, 0.717) is 0 Å². The van der Waals surface area contributed by atoms with Crippen molar-refractivity contribution in [2.75, 3.05) is 26.7 Å². The fourth-order valence-corrected chi connectivity index (χ4v) is 2.75. The van der Waals surface area contributed by atoms with Crippen LogP contribution in [0.4, 0.5) is 0 Å². The van der Waals surface area contributed by atoms with Gasteiger partial charge in [-0.15, -0.1) is 0 Å². The van der Waals surface area contributed by atoms with Gasteiger partial charge in [-0.05, 0) is 46.4 Å². The van der Waals surface area contributed by atoms with Crippen LogP contribution in [0.25, 0.3) is 0 Å². The number of hydrogen-bond acceptors (Lipinski definition) is 2. The Hall–Kier alpha value is -0.0800. The predicted octanol–water partition coefficient (Wildman–Crippen LogP) is 2.20. The Balaban J connectivity index is 2.52. The highest BCUT2D eigenvalue weighted by Crippen LogP contribution is 2.20. The van der Waals surface area contributed by atoms with Crippen molar-refractivity contribution in [2.24, 2.45) is 0 Å². The summed E-state index contributed by atoms with van der Waals surface area (Å²) in [5.74, 6) is 0. The highest BCUT2D eigenvalue weighted by Gasteiger charge is 2.27. The van der Waals surface area contributed by atoms with Crippen molar-refractivity contribution in [2.45, 2.75) is 52.1 Å². The first-order chi connectivity index (χ1) is 6.70. The minimum absolute atomic E-state index is 0.718. The summed E-state index contributed by atoms with van der Waals surface area (Å²) < 4.78 is 0. The maximum atomic E-state index is 2.58. The lowest BCUT2D eigenvalue weighted by Gasteiger charge is -2.41. The molecule has 1 aliphatic heterocycles. The summed E-state index contributed by atoms with van der Waals surface area (Å²) in [6, 6.07) is 1.50. The maximum Gasteiger partial charge on any atom is 0.0245 e. The number of likely N-dealkylation sites (tertiary alicyclic amines) is 1. The van der Waals surface area contributed by atoms with Crippen LogP contribution in [-0.4, -0.2) is 48.6 Å². The molecule has 0 aromatic carbocycles. The fourth-order valence-electron chi connectivity index (χ4n) is 2.75. The molecule has 1 rings (SSSR count). The van der Waals surface area contributed by atoms with Gasteiger partial charge in [0.25, 0.3) is 0 Å². The zero-order valence-electron chi connectivity index (χ0n) is 10.3. The smallest absolute Gasteiger partial charge is 0.0245 e. The third-order valence-electron chi connectivity index (χ3n) is 3.77. The van der Waals surface area contributed by atoms with Gasteiger partial charge in [0, 0.05) is 12.1 Å².